The average Bonchev–Trinajstić information content (AvgIpc) is 2.31. The Labute approximate surface area is 107 Å². The molecule has 1 saturated heterocycles. The molecule has 0 aromatic carbocycles. The Morgan fingerprint density at radius 3 is 2.65 bits per heavy atom. The lowest BCUT2D eigenvalue weighted by molar-refractivity contribution is 0.0122. The number of ether oxygens (including phenoxy) is 1. The van der Waals surface area contributed by atoms with Gasteiger partial charge in [-0.3, -0.25) is 4.90 Å². The van der Waals surface area contributed by atoms with E-state index in [-0.39, 0.29) is 0 Å². The monoisotopic (exact) mass is 242 g/mol. The number of nitrogens with zero attached hydrogens (tertiary/aromatic N) is 1. The molecule has 3 nitrogen and oxygen atoms in total. The van der Waals surface area contributed by atoms with Gasteiger partial charge < -0.3 is 10.1 Å². The molecule has 1 heterocycles. The minimum absolute atomic E-state index is 0.294. The van der Waals surface area contributed by atoms with Gasteiger partial charge in [0.1, 0.15) is 0 Å². The number of rotatable bonds is 6. The molecule has 0 spiro atoms. The fraction of sp³-hybridized carbons (Fsp3) is 1.00. The average molecular weight is 242 g/mol. The highest BCUT2D eigenvalue weighted by molar-refractivity contribution is 4.95. The summed E-state index contributed by atoms with van der Waals surface area (Å²) in [5.41, 5.74) is 0.294. The van der Waals surface area contributed by atoms with Crippen LogP contribution in [-0.4, -0.2) is 49.3 Å². The highest BCUT2D eigenvalue weighted by Gasteiger charge is 2.36. The zero-order chi connectivity index (χ0) is 12.9. The zero-order valence-electron chi connectivity index (χ0n) is 12.3. The maximum Gasteiger partial charge on any atom is 0.0593 e. The first-order valence-corrected chi connectivity index (χ1v) is 7.09. The summed E-state index contributed by atoms with van der Waals surface area (Å²) in [6.45, 7) is 16.3. The van der Waals surface area contributed by atoms with E-state index in [1.807, 2.05) is 0 Å². The number of hydrogen-bond donors (Lipinski definition) is 1. The predicted molar refractivity (Wildman–Crippen MR) is 73.4 cm³/mol. The summed E-state index contributed by atoms with van der Waals surface area (Å²) in [4.78, 5) is 2.61. The first-order chi connectivity index (χ1) is 8.03. The lowest BCUT2D eigenvalue weighted by Crippen LogP contribution is -2.64. The summed E-state index contributed by atoms with van der Waals surface area (Å²) in [5, 5.41) is 3.70. The summed E-state index contributed by atoms with van der Waals surface area (Å²) in [7, 11) is 0. The van der Waals surface area contributed by atoms with Crippen molar-refractivity contribution in [1.82, 2.24) is 10.2 Å². The molecule has 0 saturated carbocycles. The number of hydrogen-bond acceptors (Lipinski definition) is 3. The molecule has 3 heteroatoms. The molecule has 1 aliphatic heterocycles. The van der Waals surface area contributed by atoms with Crippen molar-refractivity contribution in [2.24, 2.45) is 5.92 Å². The maximum absolute atomic E-state index is 5.51. The Balaban J connectivity index is 2.56. The Bertz CT molecular complexity index is 220. The van der Waals surface area contributed by atoms with Crippen LogP contribution in [-0.2, 0) is 4.74 Å². The molecule has 0 amide bonds. The fourth-order valence-corrected chi connectivity index (χ4v) is 2.46. The Morgan fingerprint density at radius 2 is 2.12 bits per heavy atom. The van der Waals surface area contributed by atoms with E-state index in [4.69, 9.17) is 4.74 Å². The summed E-state index contributed by atoms with van der Waals surface area (Å²) in [6.07, 6.45) is 1.19. The lowest BCUT2D eigenvalue weighted by atomic mass is 9.89. The fourth-order valence-electron chi connectivity index (χ4n) is 2.46. The zero-order valence-corrected chi connectivity index (χ0v) is 12.3. The van der Waals surface area contributed by atoms with Gasteiger partial charge >= 0.3 is 0 Å². The summed E-state index contributed by atoms with van der Waals surface area (Å²) in [6, 6.07) is 0.622. The summed E-state index contributed by atoms with van der Waals surface area (Å²) < 4.78 is 5.51. The van der Waals surface area contributed by atoms with E-state index < -0.39 is 0 Å². The van der Waals surface area contributed by atoms with Crippen LogP contribution in [0.2, 0.25) is 0 Å². The van der Waals surface area contributed by atoms with Gasteiger partial charge in [0.15, 0.2) is 0 Å². The van der Waals surface area contributed by atoms with E-state index in [0.717, 1.165) is 32.8 Å². The third-order valence-electron chi connectivity index (χ3n) is 4.20. The third kappa shape index (κ3) is 3.94. The topological polar surface area (TPSA) is 24.5 Å². The van der Waals surface area contributed by atoms with Crippen LogP contribution in [0, 0.1) is 5.92 Å². The highest BCUT2D eigenvalue weighted by atomic mass is 16.5. The van der Waals surface area contributed by atoms with Crippen LogP contribution >= 0.6 is 0 Å². The van der Waals surface area contributed by atoms with Crippen LogP contribution in [0.5, 0.6) is 0 Å². The normalized spacial score (nSPS) is 31.1. The van der Waals surface area contributed by atoms with Gasteiger partial charge in [-0.2, -0.15) is 0 Å². The van der Waals surface area contributed by atoms with Crippen LogP contribution in [0.3, 0.4) is 0 Å². The Hall–Kier alpha value is -0.120. The molecule has 0 bridgehead atoms. The summed E-state index contributed by atoms with van der Waals surface area (Å²) >= 11 is 0. The molecule has 1 aliphatic rings. The van der Waals surface area contributed by atoms with E-state index in [1.165, 1.54) is 6.42 Å². The summed E-state index contributed by atoms with van der Waals surface area (Å²) in [5.74, 6) is 0.700. The van der Waals surface area contributed by atoms with Crippen molar-refractivity contribution in [3.8, 4) is 0 Å². The number of piperazine rings is 1. The first kappa shape index (κ1) is 14.9. The van der Waals surface area contributed by atoms with Crippen molar-refractivity contribution >= 4 is 0 Å². The second kappa shape index (κ2) is 6.72. The van der Waals surface area contributed by atoms with Gasteiger partial charge in [-0.05, 0) is 26.2 Å². The molecule has 1 rings (SSSR count). The van der Waals surface area contributed by atoms with Crippen molar-refractivity contribution in [2.75, 3.05) is 32.8 Å². The van der Waals surface area contributed by atoms with Crippen LogP contribution in [0.4, 0.5) is 0 Å². The van der Waals surface area contributed by atoms with Gasteiger partial charge in [0.25, 0.3) is 0 Å². The molecular formula is C14H30N2O. The van der Waals surface area contributed by atoms with Gasteiger partial charge in [0.2, 0.25) is 0 Å². The minimum atomic E-state index is 0.294. The Morgan fingerprint density at radius 1 is 1.41 bits per heavy atom. The van der Waals surface area contributed by atoms with Gasteiger partial charge in [-0.1, -0.05) is 20.8 Å². The van der Waals surface area contributed by atoms with Crippen LogP contribution in [0.15, 0.2) is 0 Å². The van der Waals surface area contributed by atoms with Crippen molar-refractivity contribution in [3.05, 3.63) is 0 Å². The maximum atomic E-state index is 5.51. The van der Waals surface area contributed by atoms with Gasteiger partial charge in [0, 0.05) is 37.8 Å². The molecule has 2 unspecified atom stereocenters. The predicted octanol–water partition coefficient (Wildman–Crippen LogP) is 2.12. The third-order valence-corrected chi connectivity index (χ3v) is 4.20. The van der Waals surface area contributed by atoms with Gasteiger partial charge in [0.05, 0.1) is 6.61 Å². The lowest BCUT2D eigenvalue weighted by Gasteiger charge is -2.49. The molecule has 2 atom stereocenters. The second-order valence-electron chi connectivity index (χ2n) is 5.72. The quantitative estimate of drug-likeness (QED) is 0.722. The van der Waals surface area contributed by atoms with Crippen LogP contribution in [0.25, 0.3) is 0 Å². The first-order valence-electron chi connectivity index (χ1n) is 7.09. The van der Waals surface area contributed by atoms with E-state index in [2.05, 4.69) is 44.8 Å². The van der Waals surface area contributed by atoms with E-state index >= 15 is 0 Å². The Kier molecular flexibility index (Phi) is 5.90. The molecule has 0 aromatic rings. The van der Waals surface area contributed by atoms with Gasteiger partial charge in [-0.25, -0.2) is 0 Å². The van der Waals surface area contributed by atoms with Crippen molar-refractivity contribution in [1.29, 1.82) is 0 Å². The van der Waals surface area contributed by atoms with E-state index in [0.29, 0.717) is 17.5 Å². The molecule has 0 aliphatic carbocycles. The molecular weight excluding hydrogens is 212 g/mol. The van der Waals surface area contributed by atoms with Crippen molar-refractivity contribution < 1.29 is 4.74 Å². The second-order valence-corrected chi connectivity index (χ2v) is 5.72. The highest BCUT2D eigenvalue weighted by Crippen LogP contribution is 2.24. The standard InChI is InChI=1S/C14H30N2O/c1-6-14(5)11-15-13(12(3)4)10-16(14)8-9-17-7-2/h12-13,15H,6-11H2,1-5H3. The number of nitrogens with one attached hydrogen (secondary N) is 1. The molecule has 1 fully saturated rings. The molecule has 0 aromatic heterocycles. The molecule has 1 N–H and O–H groups in total. The van der Waals surface area contributed by atoms with Crippen molar-refractivity contribution in [3.63, 3.8) is 0 Å². The molecule has 102 valence electrons. The SMILES string of the molecule is CCOCCN1CC(C(C)C)NCC1(C)CC. The molecule has 17 heavy (non-hydrogen) atoms. The molecule has 0 radical (unpaired) electrons. The van der Waals surface area contributed by atoms with Crippen LogP contribution < -0.4 is 5.32 Å². The minimum Gasteiger partial charge on any atom is -0.380 e. The smallest absolute Gasteiger partial charge is 0.0593 e. The largest absolute Gasteiger partial charge is 0.380 e. The van der Waals surface area contributed by atoms with E-state index in [9.17, 15) is 0 Å². The van der Waals surface area contributed by atoms with Crippen LogP contribution in [0.1, 0.15) is 41.0 Å². The van der Waals surface area contributed by atoms with E-state index in [1.54, 1.807) is 0 Å². The van der Waals surface area contributed by atoms with Crippen molar-refractivity contribution in [2.45, 2.75) is 52.6 Å². The van der Waals surface area contributed by atoms with Gasteiger partial charge in [-0.15, -0.1) is 0 Å².